The summed E-state index contributed by atoms with van der Waals surface area (Å²) in [5.41, 5.74) is 1.52. The second kappa shape index (κ2) is 9.87. The molecule has 0 N–H and O–H groups in total. The van der Waals surface area contributed by atoms with Gasteiger partial charge in [-0.3, -0.25) is 9.69 Å². The van der Waals surface area contributed by atoms with E-state index in [1.54, 1.807) is 46.2 Å². The van der Waals surface area contributed by atoms with Crippen LogP contribution in [0.5, 0.6) is 11.5 Å². The summed E-state index contributed by atoms with van der Waals surface area (Å²) < 4.78 is 12.3. The van der Waals surface area contributed by atoms with Crippen LogP contribution in [0.2, 0.25) is 0 Å². The molecule has 6 nitrogen and oxygen atoms in total. The molecule has 0 saturated carbocycles. The van der Waals surface area contributed by atoms with Crippen molar-refractivity contribution in [1.29, 1.82) is 0 Å². The van der Waals surface area contributed by atoms with E-state index in [0.29, 0.717) is 42.0 Å². The molecule has 1 aromatic heterocycles. The number of aromatic nitrogens is 1. The van der Waals surface area contributed by atoms with E-state index < -0.39 is 0 Å². The average molecular weight is 466 g/mol. The molecule has 9 heteroatoms. The van der Waals surface area contributed by atoms with Gasteiger partial charge in [-0.05, 0) is 50.7 Å². The van der Waals surface area contributed by atoms with E-state index >= 15 is 0 Å². The third kappa shape index (κ3) is 4.67. The van der Waals surface area contributed by atoms with Crippen molar-refractivity contribution in [2.24, 2.45) is 0 Å². The number of rotatable bonds is 6. The van der Waals surface area contributed by atoms with Crippen LogP contribution in [-0.4, -0.2) is 62.4 Å². The predicted octanol–water partition coefficient (Wildman–Crippen LogP) is 4.42. The first-order chi connectivity index (χ1) is 14.1. The lowest BCUT2D eigenvalue weighted by molar-refractivity contribution is 0.0984. The number of thiazole rings is 1. The standard InChI is InChI=1S/C21H23N3O3S2.ClH/c1-23(2)9-10-24(21-22-19-17(28-3)5-4-6-18(19)29-21)20(25)14-7-8-15-16(13-14)27-12-11-26-15;/h4-8,13H,9-12H2,1-3H3;1H. The van der Waals surface area contributed by atoms with Crippen molar-refractivity contribution in [2.75, 3.05) is 51.6 Å². The molecule has 0 bridgehead atoms. The largest absolute Gasteiger partial charge is 0.486 e. The van der Waals surface area contributed by atoms with E-state index in [4.69, 9.17) is 14.5 Å². The van der Waals surface area contributed by atoms with Crippen LogP contribution < -0.4 is 14.4 Å². The molecule has 30 heavy (non-hydrogen) atoms. The Kier molecular flexibility index (Phi) is 7.46. The van der Waals surface area contributed by atoms with Crippen LogP contribution in [0, 0.1) is 0 Å². The predicted molar refractivity (Wildman–Crippen MR) is 126 cm³/mol. The molecule has 3 aromatic rings. The van der Waals surface area contributed by atoms with E-state index in [0.717, 1.165) is 21.7 Å². The van der Waals surface area contributed by atoms with Gasteiger partial charge in [-0.25, -0.2) is 4.98 Å². The molecule has 0 spiro atoms. The van der Waals surface area contributed by atoms with Crippen molar-refractivity contribution in [3.8, 4) is 11.5 Å². The number of likely N-dealkylation sites (N-methyl/N-ethyl adjacent to an activating group) is 1. The summed E-state index contributed by atoms with van der Waals surface area (Å²) >= 11 is 3.21. The molecule has 0 atom stereocenters. The molecule has 1 aliphatic rings. The normalized spacial score (nSPS) is 12.7. The van der Waals surface area contributed by atoms with Crippen molar-refractivity contribution in [3.63, 3.8) is 0 Å². The molecule has 0 unspecified atom stereocenters. The summed E-state index contributed by atoms with van der Waals surface area (Å²) in [6.45, 7) is 2.30. The Morgan fingerprint density at radius 2 is 1.90 bits per heavy atom. The first kappa shape index (κ1) is 22.7. The number of amides is 1. The van der Waals surface area contributed by atoms with Crippen LogP contribution >= 0.6 is 35.5 Å². The van der Waals surface area contributed by atoms with Gasteiger partial charge in [0.15, 0.2) is 16.6 Å². The first-order valence-electron chi connectivity index (χ1n) is 9.36. The molecule has 160 valence electrons. The highest BCUT2D eigenvalue weighted by Crippen LogP contribution is 2.36. The summed E-state index contributed by atoms with van der Waals surface area (Å²) in [4.78, 5) is 23.2. The fourth-order valence-corrected chi connectivity index (χ4v) is 4.75. The zero-order chi connectivity index (χ0) is 20.4. The van der Waals surface area contributed by atoms with Gasteiger partial charge in [0.2, 0.25) is 0 Å². The van der Waals surface area contributed by atoms with Gasteiger partial charge in [0.25, 0.3) is 5.91 Å². The Labute approximate surface area is 190 Å². The Balaban J connectivity index is 0.00000256. The lowest BCUT2D eigenvalue weighted by Crippen LogP contribution is -2.36. The SMILES string of the molecule is CSc1cccc2sc(N(CCN(C)C)C(=O)c3ccc4c(c3)OCCO4)nc12.Cl. The number of carbonyl (C=O) groups excluding carboxylic acids is 1. The number of nitrogens with zero attached hydrogens (tertiary/aromatic N) is 3. The number of ether oxygens (including phenoxy) is 2. The van der Waals surface area contributed by atoms with E-state index in [1.807, 2.05) is 26.4 Å². The molecule has 0 fully saturated rings. The summed E-state index contributed by atoms with van der Waals surface area (Å²) in [6.07, 6.45) is 2.04. The van der Waals surface area contributed by atoms with Gasteiger partial charge in [0.1, 0.15) is 13.2 Å². The Morgan fingerprint density at radius 1 is 1.13 bits per heavy atom. The number of carbonyl (C=O) groups is 1. The van der Waals surface area contributed by atoms with Gasteiger partial charge >= 0.3 is 0 Å². The third-order valence-electron chi connectivity index (χ3n) is 4.63. The summed E-state index contributed by atoms with van der Waals surface area (Å²) in [5.74, 6) is 1.20. The van der Waals surface area contributed by atoms with Crippen LogP contribution in [0.25, 0.3) is 10.2 Å². The van der Waals surface area contributed by atoms with E-state index in [9.17, 15) is 4.79 Å². The second-order valence-electron chi connectivity index (χ2n) is 6.92. The van der Waals surface area contributed by atoms with Gasteiger partial charge in [0.05, 0.1) is 10.2 Å². The van der Waals surface area contributed by atoms with Crippen molar-refractivity contribution in [3.05, 3.63) is 42.0 Å². The van der Waals surface area contributed by atoms with Crippen LogP contribution in [0.3, 0.4) is 0 Å². The number of hydrogen-bond donors (Lipinski definition) is 0. The number of para-hydroxylation sites is 1. The van der Waals surface area contributed by atoms with E-state index in [1.165, 1.54) is 0 Å². The number of anilines is 1. The van der Waals surface area contributed by atoms with Gasteiger partial charge in [-0.1, -0.05) is 17.4 Å². The summed E-state index contributed by atoms with van der Waals surface area (Å²) in [6, 6.07) is 11.5. The molecular formula is C21H24ClN3O3S2. The maximum absolute atomic E-state index is 13.4. The molecule has 1 aliphatic heterocycles. The van der Waals surface area contributed by atoms with E-state index in [2.05, 4.69) is 17.0 Å². The number of thioether (sulfide) groups is 1. The maximum Gasteiger partial charge on any atom is 0.260 e. The van der Waals surface area contributed by atoms with Crippen molar-refractivity contribution < 1.29 is 14.3 Å². The maximum atomic E-state index is 13.4. The summed E-state index contributed by atoms with van der Waals surface area (Å²) in [7, 11) is 3.99. The van der Waals surface area contributed by atoms with E-state index in [-0.39, 0.29) is 18.3 Å². The Bertz CT molecular complexity index is 1040. The zero-order valence-corrected chi connectivity index (χ0v) is 19.5. The molecular weight excluding hydrogens is 442 g/mol. The molecule has 2 heterocycles. The highest BCUT2D eigenvalue weighted by atomic mass is 35.5. The van der Waals surface area contributed by atoms with Crippen LogP contribution in [-0.2, 0) is 0 Å². The molecule has 0 radical (unpaired) electrons. The minimum Gasteiger partial charge on any atom is -0.486 e. The van der Waals surface area contributed by atoms with Gasteiger partial charge in [-0.15, -0.1) is 24.2 Å². The minimum absolute atomic E-state index is 0. The molecule has 1 amide bonds. The van der Waals surface area contributed by atoms with Gasteiger partial charge in [-0.2, -0.15) is 0 Å². The highest BCUT2D eigenvalue weighted by Gasteiger charge is 2.24. The fourth-order valence-electron chi connectivity index (χ4n) is 3.11. The molecule has 0 aliphatic carbocycles. The smallest absolute Gasteiger partial charge is 0.260 e. The van der Waals surface area contributed by atoms with Gasteiger partial charge < -0.3 is 14.4 Å². The second-order valence-corrected chi connectivity index (χ2v) is 8.78. The van der Waals surface area contributed by atoms with Crippen LogP contribution in [0.1, 0.15) is 10.4 Å². The van der Waals surface area contributed by atoms with Crippen molar-refractivity contribution in [1.82, 2.24) is 9.88 Å². The average Bonchev–Trinajstić information content (AvgIpc) is 3.17. The molecule has 2 aromatic carbocycles. The quantitative estimate of drug-likeness (QED) is 0.502. The lowest BCUT2D eigenvalue weighted by atomic mass is 10.1. The highest BCUT2D eigenvalue weighted by molar-refractivity contribution is 7.98. The zero-order valence-electron chi connectivity index (χ0n) is 17.1. The van der Waals surface area contributed by atoms with Crippen molar-refractivity contribution in [2.45, 2.75) is 4.90 Å². The summed E-state index contributed by atoms with van der Waals surface area (Å²) in [5, 5.41) is 0.711. The fraction of sp³-hybridized carbons (Fsp3) is 0.333. The number of halogens is 1. The van der Waals surface area contributed by atoms with Crippen LogP contribution in [0.4, 0.5) is 5.13 Å². The number of hydrogen-bond acceptors (Lipinski definition) is 7. The lowest BCUT2D eigenvalue weighted by Gasteiger charge is -2.23. The molecule has 4 rings (SSSR count). The Morgan fingerprint density at radius 3 is 2.63 bits per heavy atom. The molecule has 0 saturated heterocycles. The van der Waals surface area contributed by atoms with Crippen molar-refractivity contribution >= 4 is 56.8 Å². The third-order valence-corrected chi connectivity index (χ3v) is 6.44. The monoisotopic (exact) mass is 465 g/mol. The van der Waals surface area contributed by atoms with Crippen LogP contribution in [0.15, 0.2) is 41.3 Å². The first-order valence-corrected chi connectivity index (χ1v) is 11.4. The Hall–Kier alpha value is -2.00. The van der Waals surface area contributed by atoms with Gasteiger partial charge in [0, 0.05) is 23.5 Å². The minimum atomic E-state index is -0.0893. The topological polar surface area (TPSA) is 54.9 Å². The number of benzene rings is 2. The number of fused-ring (bicyclic) bond motifs is 2.